The highest BCUT2D eigenvalue weighted by Gasteiger charge is 2.17. The van der Waals surface area contributed by atoms with Crippen LogP contribution in [0.4, 0.5) is 5.69 Å². The van der Waals surface area contributed by atoms with Gasteiger partial charge in [-0.25, -0.2) is 0 Å². The molecule has 0 saturated heterocycles. The second-order valence-electron chi connectivity index (χ2n) is 5.84. The first-order valence-corrected chi connectivity index (χ1v) is 9.76. The van der Waals surface area contributed by atoms with Gasteiger partial charge in [-0.15, -0.1) is 10.2 Å². The largest absolute Gasteiger partial charge is 0.497 e. The molecule has 0 bridgehead atoms. The lowest BCUT2D eigenvalue weighted by molar-refractivity contribution is -0.113. The molecule has 0 saturated carbocycles. The van der Waals surface area contributed by atoms with Crippen LogP contribution in [0, 0.1) is 0 Å². The molecule has 28 heavy (non-hydrogen) atoms. The molecule has 3 rings (SSSR count). The summed E-state index contributed by atoms with van der Waals surface area (Å²) in [6.07, 6.45) is 2.51. The van der Waals surface area contributed by atoms with Crippen molar-refractivity contribution in [2.24, 2.45) is 0 Å². The van der Waals surface area contributed by atoms with E-state index in [9.17, 15) is 4.79 Å². The minimum absolute atomic E-state index is 0.168. The molecule has 1 aromatic carbocycles. The van der Waals surface area contributed by atoms with E-state index < -0.39 is 0 Å². The number of ether oxygens (including phenoxy) is 2. The smallest absolute Gasteiger partial charge is 0.234 e. The predicted octanol–water partition coefficient (Wildman–Crippen LogP) is 3.70. The van der Waals surface area contributed by atoms with Crippen LogP contribution in [0.3, 0.4) is 0 Å². The number of carbonyl (C=O) groups is 1. The molecule has 8 nitrogen and oxygen atoms in total. The van der Waals surface area contributed by atoms with Gasteiger partial charge in [-0.3, -0.25) is 9.36 Å². The molecular weight excluding hydrogens is 380 g/mol. The first-order chi connectivity index (χ1) is 13.7. The Morgan fingerprint density at radius 2 is 2.11 bits per heavy atom. The summed E-state index contributed by atoms with van der Waals surface area (Å²) in [7, 11) is 3.12. The van der Waals surface area contributed by atoms with E-state index in [0.717, 1.165) is 13.0 Å². The van der Waals surface area contributed by atoms with E-state index >= 15 is 0 Å². The normalized spacial score (nSPS) is 10.7. The highest BCUT2D eigenvalue weighted by molar-refractivity contribution is 7.99. The first-order valence-electron chi connectivity index (χ1n) is 8.78. The SMILES string of the molecule is CCCn1c(SCC(=O)Nc2ccc(OC)cc2OC)nnc1-c1ccco1. The minimum Gasteiger partial charge on any atom is -0.497 e. The van der Waals surface area contributed by atoms with E-state index in [1.807, 2.05) is 16.7 Å². The first kappa shape index (κ1) is 19.8. The van der Waals surface area contributed by atoms with Crippen LogP contribution in [-0.2, 0) is 11.3 Å². The van der Waals surface area contributed by atoms with Crippen LogP contribution in [0.5, 0.6) is 11.5 Å². The third-order valence-electron chi connectivity index (χ3n) is 3.92. The van der Waals surface area contributed by atoms with Gasteiger partial charge >= 0.3 is 0 Å². The zero-order valence-corrected chi connectivity index (χ0v) is 16.8. The fourth-order valence-electron chi connectivity index (χ4n) is 2.63. The number of nitrogens with zero attached hydrogens (tertiary/aromatic N) is 3. The summed E-state index contributed by atoms with van der Waals surface area (Å²) in [5, 5.41) is 12.0. The molecule has 148 valence electrons. The maximum absolute atomic E-state index is 12.4. The quantitative estimate of drug-likeness (QED) is 0.546. The summed E-state index contributed by atoms with van der Waals surface area (Å²) in [5.74, 6) is 2.52. The van der Waals surface area contributed by atoms with E-state index in [1.54, 1.807) is 38.7 Å². The third kappa shape index (κ3) is 4.48. The zero-order valence-electron chi connectivity index (χ0n) is 16.0. The minimum atomic E-state index is -0.168. The molecule has 0 fully saturated rings. The molecule has 1 N–H and O–H groups in total. The fraction of sp³-hybridized carbons (Fsp3) is 0.316. The summed E-state index contributed by atoms with van der Waals surface area (Å²) in [6, 6.07) is 8.87. The molecule has 2 aromatic heterocycles. The van der Waals surface area contributed by atoms with Crippen LogP contribution >= 0.6 is 11.8 Å². The summed E-state index contributed by atoms with van der Waals surface area (Å²) in [6.45, 7) is 2.81. The molecule has 0 unspecified atom stereocenters. The van der Waals surface area contributed by atoms with E-state index in [4.69, 9.17) is 13.9 Å². The summed E-state index contributed by atoms with van der Waals surface area (Å²) in [4.78, 5) is 12.4. The number of carbonyl (C=O) groups excluding carboxylic acids is 1. The van der Waals surface area contributed by atoms with Crippen molar-refractivity contribution in [3.63, 3.8) is 0 Å². The Bertz CT molecular complexity index is 924. The van der Waals surface area contributed by atoms with Crippen molar-refractivity contribution in [2.75, 3.05) is 25.3 Å². The van der Waals surface area contributed by atoms with E-state index in [2.05, 4.69) is 22.4 Å². The Balaban J connectivity index is 1.68. The van der Waals surface area contributed by atoms with Crippen molar-refractivity contribution >= 4 is 23.4 Å². The van der Waals surface area contributed by atoms with Gasteiger partial charge in [0.1, 0.15) is 11.5 Å². The molecule has 3 aromatic rings. The summed E-state index contributed by atoms with van der Waals surface area (Å²) >= 11 is 1.32. The van der Waals surface area contributed by atoms with Gasteiger partial charge in [0.25, 0.3) is 0 Å². The van der Waals surface area contributed by atoms with Crippen LogP contribution in [-0.4, -0.2) is 40.6 Å². The number of amides is 1. The van der Waals surface area contributed by atoms with Gasteiger partial charge < -0.3 is 19.2 Å². The number of methoxy groups -OCH3 is 2. The number of rotatable bonds is 9. The van der Waals surface area contributed by atoms with E-state index in [0.29, 0.717) is 33.9 Å². The topological polar surface area (TPSA) is 91.4 Å². The summed E-state index contributed by atoms with van der Waals surface area (Å²) in [5.41, 5.74) is 0.584. The Labute approximate surface area is 167 Å². The Morgan fingerprint density at radius 3 is 2.79 bits per heavy atom. The second kappa shape index (κ2) is 9.32. The monoisotopic (exact) mass is 402 g/mol. The number of hydrogen-bond acceptors (Lipinski definition) is 7. The van der Waals surface area contributed by atoms with Gasteiger partial charge in [0.05, 0.1) is 31.9 Å². The molecular formula is C19H22N4O4S. The van der Waals surface area contributed by atoms with Crippen LogP contribution < -0.4 is 14.8 Å². The van der Waals surface area contributed by atoms with Crippen molar-refractivity contribution < 1.29 is 18.7 Å². The average molecular weight is 402 g/mol. The van der Waals surface area contributed by atoms with Crippen molar-refractivity contribution in [3.05, 3.63) is 36.6 Å². The van der Waals surface area contributed by atoms with Crippen molar-refractivity contribution in [1.82, 2.24) is 14.8 Å². The van der Waals surface area contributed by atoms with E-state index in [1.165, 1.54) is 11.8 Å². The maximum Gasteiger partial charge on any atom is 0.234 e. The second-order valence-corrected chi connectivity index (χ2v) is 6.78. The van der Waals surface area contributed by atoms with Crippen molar-refractivity contribution in [2.45, 2.75) is 25.0 Å². The number of benzene rings is 1. The molecule has 0 radical (unpaired) electrons. The Morgan fingerprint density at radius 1 is 1.25 bits per heavy atom. The number of anilines is 1. The van der Waals surface area contributed by atoms with Gasteiger partial charge in [0.2, 0.25) is 5.91 Å². The molecule has 0 spiro atoms. The lowest BCUT2D eigenvalue weighted by Gasteiger charge is -2.11. The lowest BCUT2D eigenvalue weighted by atomic mass is 10.2. The maximum atomic E-state index is 12.4. The fourth-order valence-corrected chi connectivity index (χ4v) is 3.39. The number of aromatic nitrogens is 3. The van der Waals surface area contributed by atoms with Crippen LogP contribution in [0.15, 0.2) is 46.2 Å². The lowest BCUT2D eigenvalue weighted by Crippen LogP contribution is -2.15. The average Bonchev–Trinajstić information content (AvgIpc) is 3.37. The number of thioether (sulfide) groups is 1. The van der Waals surface area contributed by atoms with Crippen LogP contribution in [0.1, 0.15) is 13.3 Å². The van der Waals surface area contributed by atoms with Gasteiger partial charge in [-0.05, 0) is 30.7 Å². The Kier molecular flexibility index (Phi) is 6.59. The zero-order chi connectivity index (χ0) is 19.9. The predicted molar refractivity (Wildman–Crippen MR) is 107 cm³/mol. The highest BCUT2D eigenvalue weighted by atomic mass is 32.2. The molecule has 0 aliphatic rings. The van der Waals surface area contributed by atoms with E-state index in [-0.39, 0.29) is 11.7 Å². The van der Waals surface area contributed by atoms with Gasteiger partial charge in [-0.2, -0.15) is 0 Å². The third-order valence-corrected chi connectivity index (χ3v) is 4.89. The number of furan rings is 1. The summed E-state index contributed by atoms with van der Waals surface area (Å²) < 4.78 is 17.9. The molecule has 9 heteroatoms. The Hall–Kier alpha value is -2.94. The van der Waals surface area contributed by atoms with Gasteiger partial charge in [0.15, 0.2) is 16.7 Å². The van der Waals surface area contributed by atoms with Crippen LogP contribution in [0.25, 0.3) is 11.6 Å². The molecule has 0 atom stereocenters. The van der Waals surface area contributed by atoms with Gasteiger partial charge in [0, 0.05) is 12.6 Å². The molecule has 0 aliphatic heterocycles. The molecule has 1 amide bonds. The molecule has 2 heterocycles. The number of hydrogen-bond donors (Lipinski definition) is 1. The molecule has 0 aliphatic carbocycles. The van der Waals surface area contributed by atoms with Crippen LogP contribution in [0.2, 0.25) is 0 Å². The van der Waals surface area contributed by atoms with Crippen molar-refractivity contribution in [1.29, 1.82) is 0 Å². The highest BCUT2D eigenvalue weighted by Crippen LogP contribution is 2.30. The van der Waals surface area contributed by atoms with Crippen molar-refractivity contribution in [3.8, 4) is 23.1 Å². The standard InChI is InChI=1S/C19H22N4O4S/c1-4-9-23-18(15-6-5-10-27-15)21-22-19(23)28-12-17(24)20-14-8-7-13(25-2)11-16(14)26-3/h5-8,10-11H,4,9,12H2,1-3H3,(H,20,24). The van der Waals surface area contributed by atoms with Gasteiger partial charge in [-0.1, -0.05) is 18.7 Å². The number of nitrogens with one attached hydrogen (secondary N) is 1.